The summed E-state index contributed by atoms with van der Waals surface area (Å²) in [5.41, 5.74) is 2.59. The second-order valence-corrected chi connectivity index (χ2v) is 8.01. The number of thiophene rings is 1. The molecule has 0 radical (unpaired) electrons. The number of nitrogens with zero attached hydrogens (tertiary/aromatic N) is 1. The van der Waals surface area contributed by atoms with Gasteiger partial charge >= 0.3 is 5.97 Å². The summed E-state index contributed by atoms with van der Waals surface area (Å²) in [6, 6.07) is 10.8. The summed E-state index contributed by atoms with van der Waals surface area (Å²) < 4.78 is 4.85. The van der Waals surface area contributed by atoms with Gasteiger partial charge in [0, 0.05) is 10.6 Å². The second-order valence-electron chi connectivity index (χ2n) is 6.87. The molecule has 0 fully saturated rings. The lowest BCUT2D eigenvalue weighted by Gasteiger charge is -2.16. The third-order valence-electron chi connectivity index (χ3n) is 4.65. The summed E-state index contributed by atoms with van der Waals surface area (Å²) in [6.07, 6.45) is 4.75. The first-order chi connectivity index (χ1) is 13.5. The van der Waals surface area contributed by atoms with Crippen LogP contribution < -0.4 is 5.32 Å². The molecule has 0 aliphatic heterocycles. The number of esters is 1. The van der Waals surface area contributed by atoms with Crippen molar-refractivity contribution in [2.75, 3.05) is 11.9 Å². The zero-order valence-corrected chi connectivity index (χ0v) is 16.8. The highest BCUT2D eigenvalue weighted by Gasteiger charge is 2.20. The molecule has 1 aliphatic rings. The van der Waals surface area contributed by atoms with E-state index in [2.05, 4.69) is 12.2 Å². The molecule has 0 spiro atoms. The maximum Gasteiger partial charge on any atom is 0.348 e. The molecule has 0 bridgehead atoms. The molecule has 0 unspecified atom stereocenters. The lowest BCUT2D eigenvalue weighted by atomic mass is 9.90. The lowest BCUT2D eigenvalue weighted by Crippen LogP contribution is -2.10. The predicted molar refractivity (Wildman–Crippen MR) is 110 cm³/mol. The van der Waals surface area contributed by atoms with Gasteiger partial charge in [-0.2, -0.15) is 5.26 Å². The molecule has 0 saturated carbocycles. The number of hydrogen-bond acceptors (Lipinski definition) is 5. The summed E-state index contributed by atoms with van der Waals surface area (Å²) in [5.74, 6) is -0.0792. The molecule has 1 aliphatic carbocycles. The van der Waals surface area contributed by atoms with E-state index in [1.807, 2.05) is 12.1 Å². The number of aryl methyl sites for hydroxylation is 1. The average Bonchev–Trinajstić information content (AvgIpc) is 3.11. The van der Waals surface area contributed by atoms with E-state index in [-0.39, 0.29) is 18.1 Å². The first kappa shape index (κ1) is 19.8. The zero-order valence-electron chi connectivity index (χ0n) is 16.0. The number of ether oxygens (including phenoxy) is 1. The summed E-state index contributed by atoms with van der Waals surface area (Å²) >= 11 is 1.58. The molecular weight excluding hydrogens is 372 g/mol. The highest BCUT2D eigenvalue weighted by Crippen LogP contribution is 2.32. The fourth-order valence-corrected chi connectivity index (χ4v) is 4.29. The van der Waals surface area contributed by atoms with Crippen LogP contribution in [0.2, 0.25) is 0 Å². The number of nitrogens with one attached hydrogen (secondary N) is 1. The number of benzene rings is 1. The first-order valence-electron chi connectivity index (χ1n) is 9.32. The average molecular weight is 394 g/mol. The standard InChI is InChI=1S/C22H22N2O3S/c1-3-27-22(26)17(13-23)11-15-5-7-18(8-6-15)24-21(25)20-12-16-10-14(2)4-9-19(16)28-20/h5-8,11-12,14H,3-4,9-10H2,1-2H3,(H,24,25)/b17-11-/t14-/m0/s1. The molecule has 1 aromatic heterocycles. The Labute approximate surface area is 168 Å². The van der Waals surface area contributed by atoms with Crippen molar-refractivity contribution in [2.24, 2.45) is 5.92 Å². The summed E-state index contributed by atoms with van der Waals surface area (Å²) in [7, 11) is 0. The van der Waals surface area contributed by atoms with Crippen molar-refractivity contribution in [3.8, 4) is 6.07 Å². The number of amides is 1. The van der Waals surface area contributed by atoms with Crippen molar-refractivity contribution in [3.63, 3.8) is 0 Å². The number of carbonyl (C=O) groups excluding carboxylic acids is 2. The molecule has 1 amide bonds. The van der Waals surface area contributed by atoms with E-state index in [9.17, 15) is 9.59 Å². The summed E-state index contributed by atoms with van der Waals surface area (Å²) in [4.78, 5) is 26.3. The van der Waals surface area contributed by atoms with E-state index in [1.54, 1.807) is 42.5 Å². The predicted octanol–water partition coefficient (Wildman–Crippen LogP) is 4.60. The van der Waals surface area contributed by atoms with E-state index >= 15 is 0 Å². The molecule has 3 rings (SSSR count). The van der Waals surface area contributed by atoms with Gasteiger partial charge in [0.25, 0.3) is 5.91 Å². The van der Waals surface area contributed by atoms with E-state index in [0.717, 1.165) is 17.7 Å². The van der Waals surface area contributed by atoms with Crippen molar-refractivity contribution in [3.05, 3.63) is 56.8 Å². The number of rotatable bonds is 5. The maximum atomic E-state index is 12.6. The zero-order chi connectivity index (χ0) is 20.1. The Morgan fingerprint density at radius 2 is 2.11 bits per heavy atom. The van der Waals surface area contributed by atoms with Crippen molar-refractivity contribution >= 4 is 35.0 Å². The number of fused-ring (bicyclic) bond motifs is 1. The molecule has 6 heteroatoms. The van der Waals surface area contributed by atoms with Gasteiger partial charge in [0.05, 0.1) is 11.5 Å². The van der Waals surface area contributed by atoms with Crippen LogP contribution >= 0.6 is 11.3 Å². The minimum absolute atomic E-state index is 0.0583. The molecular formula is C22H22N2O3S. The van der Waals surface area contributed by atoms with Gasteiger partial charge in [0.1, 0.15) is 11.6 Å². The Hall–Kier alpha value is -2.91. The normalized spacial score (nSPS) is 16.0. The Bertz CT molecular complexity index is 951. The van der Waals surface area contributed by atoms with Crippen LogP contribution in [0, 0.1) is 17.2 Å². The summed E-state index contributed by atoms with van der Waals surface area (Å²) in [5, 5.41) is 12.0. The van der Waals surface area contributed by atoms with Crippen LogP contribution in [-0.2, 0) is 22.4 Å². The van der Waals surface area contributed by atoms with Gasteiger partial charge in [-0.05, 0) is 67.5 Å². The maximum absolute atomic E-state index is 12.6. The number of anilines is 1. The monoisotopic (exact) mass is 394 g/mol. The second kappa shape index (κ2) is 8.85. The van der Waals surface area contributed by atoms with Crippen molar-refractivity contribution in [1.29, 1.82) is 5.26 Å². The van der Waals surface area contributed by atoms with Gasteiger partial charge < -0.3 is 10.1 Å². The topological polar surface area (TPSA) is 79.2 Å². The van der Waals surface area contributed by atoms with Gasteiger partial charge in [-0.3, -0.25) is 4.79 Å². The molecule has 1 N–H and O–H groups in total. The highest BCUT2D eigenvalue weighted by molar-refractivity contribution is 7.14. The molecule has 0 saturated heterocycles. The number of nitriles is 1. The Morgan fingerprint density at radius 1 is 1.36 bits per heavy atom. The largest absolute Gasteiger partial charge is 0.462 e. The third-order valence-corrected chi connectivity index (χ3v) is 5.88. The van der Waals surface area contributed by atoms with Crippen LogP contribution in [0.5, 0.6) is 0 Å². The molecule has 1 heterocycles. The van der Waals surface area contributed by atoms with Crippen molar-refractivity contribution in [2.45, 2.75) is 33.1 Å². The molecule has 28 heavy (non-hydrogen) atoms. The van der Waals surface area contributed by atoms with Gasteiger partial charge in [0.15, 0.2) is 0 Å². The van der Waals surface area contributed by atoms with E-state index in [4.69, 9.17) is 10.00 Å². The molecule has 1 atom stereocenters. The Morgan fingerprint density at radius 3 is 2.79 bits per heavy atom. The molecule has 5 nitrogen and oxygen atoms in total. The van der Waals surface area contributed by atoms with Crippen molar-refractivity contribution in [1.82, 2.24) is 0 Å². The minimum Gasteiger partial charge on any atom is -0.462 e. The van der Waals surface area contributed by atoms with E-state index in [1.165, 1.54) is 22.9 Å². The van der Waals surface area contributed by atoms with Crippen LogP contribution in [0.15, 0.2) is 35.9 Å². The van der Waals surface area contributed by atoms with E-state index < -0.39 is 5.97 Å². The SMILES string of the molecule is CCOC(=O)/C(C#N)=C\c1ccc(NC(=O)c2cc3c(s2)CC[C@H](C)C3)cc1. The van der Waals surface area contributed by atoms with Crippen molar-refractivity contribution < 1.29 is 14.3 Å². The third kappa shape index (κ3) is 4.68. The minimum atomic E-state index is -0.640. The van der Waals surface area contributed by atoms with Crippen LogP contribution in [0.4, 0.5) is 5.69 Å². The fourth-order valence-electron chi connectivity index (χ4n) is 3.19. The van der Waals surface area contributed by atoms with Gasteiger partial charge in [-0.15, -0.1) is 11.3 Å². The van der Waals surface area contributed by atoms with Crippen LogP contribution in [-0.4, -0.2) is 18.5 Å². The fraction of sp³-hybridized carbons (Fsp3) is 0.318. The molecule has 1 aromatic carbocycles. The molecule has 2 aromatic rings. The highest BCUT2D eigenvalue weighted by atomic mass is 32.1. The number of hydrogen-bond donors (Lipinski definition) is 1. The smallest absolute Gasteiger partial charge is 0.348 e. The molecule has 144 valence electrons. The number of carbonyl (C=O) groups is 2. The van der Waals surface area contributed by atoms with Gasteiger partial charge in [-0.1, -0.05) is 19.1 Å². The Balaban J connectivity index is 1.68. The van der Waals surface area contributed by atoms with Crippen LogP contribution in [0.3, 0.4) is 0 Å². The summed E-state index contributed by atoms with van der Waals surface area (Å²) in [6.45, 7) is 4.15. The van der Waals surface area contributed by atoms with Crippen LogP contribution in [0.25, 0.3) is 6.08 Å². The van der Waals surface area contributed by atoms with Crippen LogP contribution in [0.1, 0.15) is 45.9 Å². The van der Waals surface area contributed by atoms with Gasteiger partial charge in [0.2, 0.25) is 0 Å². The lowest BCUT2D eigenvalue weighted by molar-refractivity contribution is -0.137. The van der Waals surface area contributed by atoms with E-state index in [0.29, 0.717) is 17.2 Å². The first-order valence-corrected chi connectivity index (χ1v) is 10.1. The quantitative estimate of drug-likeness (QED) is 0.457. The van der Waals surface area contributed by atoms with Gasteiger partial charge in [-0.25, -0.2) is 4.79 Å². The Kier molecular flexibility index (Phi) is 6.27.